The molecular weight excluding hydrogens is 446 g/mol. The number of rotatable bonds is 8. The lowest BCUT2D eigenvalue weighted by molar-refractivity contribution is -0.138. The summed E-state index contributed by atoms with van der Waals surface area (Å²) in [5, 5.41) is 1.61. The lowest BCUT2D eigenvalue weighted by Crippen LogP contribution is -2.47. The zero-order valence-corrected chi connectivity index (χ0v) is 17.5. The second kappa shape index (κ2) is 10.2. The van der Waals surface area contributed by atoms with Crippen molar-refractivity contribution in [1.82, 2.24) is 5.32 Å². The van der Waals surface area contributed by atoms with Crippen LogP contribution in [0.25, 0.3) is 0 Å². The van der Waals surface area contributed by atoms with Crippen LogP contribution < -0.4 is 14.4 Å². The van der Waals surface area contributed by atoms with Gasteiger partial charge in [-0.1, -0.05) is 66.7 Å². The van der Waals surface area contributed by atoms with Crippen LogP contribution in [0.1, 0.15) is 5.56 Å². The molecule has 3 aromatic carbocycles. The van der Waals surface area contributed by atoms with Crippen LogP contribution in [0, 0.1) is 0 Å². The number of carbonyl (C=O) groups is 1. The Morgan fingerprint density at radius 3 is 1.69 bits per heavy atom. The number of benzene rings is 3. The molecule has 0 aliphatic rings. The van der Waals surface area contributed by atoms with Crippen molar-refractivity contribution in [3.8, 4) is 11.5 Å². The summed E-state index contributed by atoms with van der Waals surface area (Å²) in [6.07, 6.45) is -6.60. The average Bonchev–Trinajstić information content (AvgIpc) is 2.77. The predicted molar refractivity (Wildman–Crippen MR) is 111 cm³/mol. The van der Waals surface area contributed by atoms with E-state index in [1.54, 1.807) is 47.8 Å². The van der Waals surface area contributed by atoms with E-state index in [1.165, 1.54) is 48.5 Å². The molecule has 0 fully saturated rings. The molecule has 0 aromatic heterocycles. The highest BCUT2D eigenvalue weighted by molar-refractivity contribution is 7.55. The number of halogens is 3. The van der Waals surface area contributed by atoms with E-state index in [2.05, 4.69) is 0 Å². The van der Waals surface area contributed by atoms with Gasteiger partial charge >= 0.3 is 19.9 Å². The summed E-state index contributed by atoms with van der Waals surface area (Å²) >= 11 is 0. The van der Waals surface area contributed by atoms with E-state index in [1.807, 2.05) is 0 Å². The van der Waals surface area contributed by atoms with Gasteiger partial charge in [0.05, 0.1) is 0 Å². The summed E-state index contributed by atoms with van der Waals surface area (Å²) in [5.74, 6) is -3.24. The van der Waals surface area contributed by atoms with Crippen LogP contribution >= 0.6 is 7.60 Å². The maximum atomic E-state index is 13.9. The highest BCUT2D eigenvalue weighted by atomic mass is 31.2. The van der Waals surface area contributed by atoms with Gasteiger partial charge in [0, 0.05) is 0 Å². The molecule has 0 spiro atoms. The van der Waals surface area contributed by atoms with Gasteiger partial charge in [0.25, 0.3) is 5.78 Å². The van der Waals surface area contributed by atoms with Gasteiger partial charge in [0.2, 0.25) is 0 Å². The van der Waals surface area contributed by atoms with Gasteiger partial charge in [-0.05, 0) is 29.8 Å². The molecule has 32 heavy (non-hydrogen) atoms. The minimum absolute atomic E-state index is 0.125. The first-order valence-corrected chi connectivity index (χ1v) is 11.0. The van der Waals surface area contributed by atoms with E-state index in [4.69, 9.17) is 13.8 Å². The van der Waals surface area contributed by atoms with E-state index < -0.39 is 25.6 Å². The van der Waals surface area contributed by atoms with Crippen molar-refractivity contribution >= 4 is 13.7 Å². The summed E-state index contributed by atoms with van der Waals surface area (Å²) < 4.78 is 70.6. The molecule has 0 aliphatic heterocycles. The molecule has 0 heterocycles. The third-order valence-electron chi connectivity index (χ3n) is 4.05. The zero-order valence-electron chi connectivity index (χ0n) is 16.6. The van der Waals surface area contributed by atoms with Gasteiger partial charge < -0.3 is 13.8 Å². The molecule has 168 valence electrons. The normalized spacial score (nSPS) is 12.5. The van der Waals surface area contributed by atoms with Crippen LogP contribution in [-0.4, -0.2) is 18.1 Å². The first-order valence-electron chi connectivity index (χ1n) is 9.39. The Morgan fingerprint density at radius 1 is 0.812 bits per heavy atom. The Hall–Kier alpha value is -3.45. The highest BCUT2D eigenvalue weighted by Gasteiger charge is 2.57. The van der Waals surface area contributed by atoms with Crippen molar-refractivity contribution < 1.29 is 36.3 Å². The minimum atomic E-state index is -5.18. The van der Waals surface area contributed by atoms with Crippen LogP contribution in [0.4, 0.5) is 18.0 Å². The Labute approximate surface area is 182 Å². The van der Waals surface area contributed by atoms with Gasteiger partial charge in [-0.25, -0.2) is 9.36 Å². The van der Waals surface area contributed by atoms with Crippen molar-refractivity contribution in [3.63, 3.8) is 0 Å². The number of para-hydroxylation sites is 2. The quantitative estimate of drug-likeness (QED) is 0.404. The summed E-state index contributed by atoms with van der Waals surface area (Å²) in [6.45, 7) is -0.277. The molecule has 6 nitrogen and oxygen atoms in total. The fourth-order valence-corrected chi connectivity index (χ4v) is 4.30. The molecule has 0 saturated heterocycles. The average molecular weight is 465 g/mol. The molecular formula is C22H19F3NO5P. The Morgan fingerprint density at radius 2 is 1.25 bits per heavy atom. The number of alkyl halides is 3. The summed E-state index contributed by atoms with van der Waals surface area (Å²) in [5.41, 5.74) is 0.565. The van der Waals surface area contributed by atoms with Crippen molar-refractivity contribution in [1.29, 1.82) is 0 Å². The predicted octanol–water partition coefficient (Wildman–Crippen LogP) is 6.15. The smallest absolute Gasteiger partial charge is 0.445 e. The van der Waals surface area contributed by atoms with E-state index in [9.17, 15) is 22.5 Å². The topological polar surface area (TPSA) is 73.9 Å². The first-order chi connectivity index (χ1) is 15.3. The monoisotopic (exact) mass is 465 g/mol. The van der Waals surface area contributed by atoms with Crippen molar-refractivity contribution in [2.45, 2.75) is 18.6 Å². The van der Waals surface area contributed by atoms with E-state index >= 15 is 0 Å². The number of hydrogen-bond donors (Lipinski definition) is 1. The third-order valence-corrected chi connectivity index (χ3v) is 6.03. The van der Waals surface area contributed by atoms with Crippen LogP contribution in [0.15, 0.2) is 91.0 Å². The van der Waals surface area contributed by atoms with Crippen LogP contribution in [-0.2, 0) is 15.9 Å². The Balaban J connectivity index is 1.86. The fraction of sp³-hybridized carbons (Fsp3) is 0.136. The lowest BCUT2D eigenvalue weighted by Gasteiger charge is -2.29. The molecule has 1 amide bonds. The number of alkyl carbamates (subject to hydrolysis) is 1. The standard InChI is InChI=1S/C22H19F3NO5P/c23-22(24,25)20(26-21(27)29-16-17-10-4-1-5-11-17)32(28,30-18-12-6-2-7-13-18)31-19-14-8-3-9-15-19/h1-15,20H,16H2,(H,26,27). The minimum Gasteiger partial charge on any atom is -0.445 e. The van der Waals surface area contributed by atoms with E-state index in [0.717, 1.165) is 0 Å². The maximum absolute atomic E-state index is 13.9. The van der Waals surface area contributed by atoms with E-state index in [0.29, 0.717) is 5.56 Å². The largest absolute Gasteiger partial charge is 0.462 e. The van der Waals surface area contributed by atoms with Gasteiger partial charge in [-0.2, -0.15) is 13.2 Å². The third kappa shape index (κ3) is 6.52. The van der Waals surface area contributed by atoms with Gasteiger partial charge in [-0.3, -0.25) is 5.32 Å². The molecule has 3 aromatic rings. The molecule has 1 unspecified atom stereocenters. The number of hydrogen-bond acceptors (Lipinski definition) is 5. The number of nitrogens with one attached hydrogen (secondary N) is 1. The SMILES string of the molecule is O=C(NC(C(F)(F)F)P(=O)(Oc1ccccc1)Oc1ccccc1)OCc1ccccc1. The zero-order chi connectivity index (χ0) is 23.0. The van der Waals surface area contributed by atoms with Crippen LogP contribution in [0.5, 0.6) is 11.5 Å². The van der Waals surface area contributed by atoms with Crippen molar-refractivity contribution in [3.05, 3.63) is 96.6 Å². The number of ether oxygens (including phenoxy) is 1. The second-order valence-electron chi connectivity index (χ2n) is 6.50. The molecule has 0 radical (unpaired) electrons. The first kappa shape index (κ1) is 23.2. The van der Waals surface area contributed by atoms with Crippen molar-refractivity contribution in [2.24, 2.45) is 0 Å². The van der Waals surface area contributed by atoms with Gasteiger partial charge in [0.1, 0.15) is 18.1 Å². The molecule has 0 saturated carbocycles. The summed E-state index contributed by atoms with van der Waals surface area (Å²) in [4.78, 5) is 12.2. The molecule has 1 atom stereocenters. The van der Waals surface area contributed by atoms with Gasteiger partial charge in [-0.15, -0.1) is 0 Å². The molecule has 10 heteroatoms. The number of amides is 1. The van der Waals surface area contributed by atoms with Crippen LogP contribution in [0.3, 0.4) is 0 Å². The highest BCUT2D eigenvalue weighted by Crippen LogP contribution is 2.56. The van der Waals surface area contributed by atoms with Crippen molar-refractivity contribution in [2.75, 3.05) is 0 Å². The summed E-state index contributed by atoms with van der Waals surface area (Å²) in [6, 6.07) is 22.8. The molecule has 1 N–H and O–H groups in total. The van der Waals surface area contributed by atoms with Gasteiger partial charge in [0.15, 0.2) is 0 Å². The van der Waals surface area contributed by atoms with Crippen LogP contribution in [0.2, 0.25) is 0 Å². The number of carbonyl (C=O) groups excluding carboxylic acids is 1. The second-order valence-corrected chi connectivity index (χ2v) is 8.46. The molecule has 0 aliphatic carbocycles. The maximum Gasteiger partial charge on any atom is 0.462 e. The lowest BCUT2D eigenvalue weighted by atomic mass is 10.2. The Kier molecular flexibility index (Phi) is 7.43. The molecule has 0 bridgehead atoms. The fourth-order valence-electron chi connectivity index (χ4n) is 2.60. The molecule has 3 rings (SSSR count). The van der Waals surface area contributed by atoms with E-state index in [-0.39, 0.29) is 18.1 Å². The summed E-state index contributed by atoms with van der Waals surface area (Å²) in [7, 11) is -5.08. The Bertz CT molecular complexity index is 1000.